The minimum Gasteiger partial charge on any atom is -0.497 e. The molecule has 9 nitrogen and oxygen atoms in total. The Morgan fingerprint density at radius 3 is 2.69 bits per heavy atom. The first-order chi connectivity index (χ1) is 15.3. The summed E-state index contributed by atoms with van der Waals surface area (Å²) < 4.78 is 17.3. The van der Waals surface area contributed by atoms with Crippen LogP contribution in [0.1, 0.15) is 43.5 Å². The molecule has 0 aliphatic carbocycles. The number of morpholine rings is 1. The Morgan fingerprint density at radius 2 is 1.97 bits per heavy atom. The molecule has 9 heteroatoms. The highest BCUT2D eigenvalue weighted by Crippen LogP contribution is 2.35. The van der Waals surface area contributed by atoms with Crippen LogP contribution in [0.4, 0.5) is 0 Å². The molecule has 32 heavy (non-hydrogen) atoms. The average molecular weight is 446 g/mol. The van der Waals surface area contributed by atoms with E-state index in [0.717, 1.165) is 0 Å². The number of hydrogen-bond acceptors (Lipinski definition) is 6. The van der Waals surface area contributed by atoms with Gasteiger partial charge in [0.05, 0.1) is 38.0 Å². The number of fused-ring (bicyclic) bond motifs is 1. The van der Waals surface area contributed by atoms with Crippen LogP contribution in [0.5, 0.6) is 11.5 Å². The molecular formula is C23H31N3O6. The second kappa shape index (κ2) is 8.97. The first-order valence-electron chi connectivity index (χ1n) is 11.1. The van der Waals surface area contributed by atoms with Gasteiger partial charge < -0.3 is 29.3 Å². The minimum atomic E-state index is -0.703. The van der Waals surface area contributed by atoms with Gasteiger partial charge >= 0.3 is 0 Å². The number of hydrogen-bond donors (Lipinski definition) is 1. The summed E-state index contributed by atoms with van der Waals surface area (Å²) in [6, 6.07) is 5.14. The number of benzene rings is 1. The number of likely N-dealkylation sites (tertiary alicyclic amines) is 1. The molecule has 1 N–H and O–H groups in total. The monoisotopic (exact) mass is 445 g/mol. The lowest BCUT2D eigenvalue weighted by atomic mass is 9.94. The van der Waals surface area contributed by atoms with Crippen LogP contribution in [0.2, 0.25) is 0 Å². The van der Waals surface area contributed by atoms with Crippen molar-refractivity contribution >= 4 is 17.7 Å². The van der Waals surface area contributed by atoms with Crippen molar-refractivity contribution in [1.82, 2.24) is 15.1 Å². The fourth-order valence-corrected chi connectivity index (χ4v) is 4.68. The summed E-state index contributed by atoms with van der Waals surface area (Å²) in [7, 11) is 1.55. The van der Waals surface area contributed by atoms with Crippen molar-refractivity contribution in [3.05, 3.63) is 23.8 Å². The van der Waals surface area contributed by atoms with Crippen LogP contribution in [0.3, 0.4) is 0 Å². The summed E-state index contributed by atoms with van der Waals surface area (Å²) in [4.78, 5) is 41.7. The molecule has 3 amide bonds. The first kappa shape index (κ1) is 22.4. The third-order valence-corrected chi connectivity index (χ3v) is 6.41. The van der Waals surface area contributed by atoms with E-state index in [9.17, 15) is 14.4 Å². The van der Waals surface area contributed by atoms with Gasteiger partial charge in [-0.2, -0.15) is 0 Å². The maximum Gasteiger partial charge on any atom is 0.255 e. The van der Waals surface area contributed by atoms with Crippen LogP contribution in [-0.4, -0.2) is 85.2 Å². The number of rotatable bonds is 3. The Hall–Kier alpha value is -2.81. The molecule has 1 spiro atoms. The zero-order valence-electron chi connectivity index (χ0n) is 18.9. The second-order valence-electron chi connectivity index (χ2n) is 8.95. The van der Waals surface area contributed by atoms with E-state index >= 15 is 0 Å². The highest BCUT2D eigenvalue weighted by atomic mass is 16.5. The van der Waals surface area contributed by atoms with Gasteiger partial charge in [-0.05, 0) is 38.5 Å². The van der Waals surface area contributed by atoms with Crippen LogP contribution in [0, 0.1) is 0 Å². The highest BCUT2D eigenvalue weighted by Gasteiger charge is 2.41. The molecule has 3 aliphatic heterocycles. The van der Waals surface area contributed by atoms with Crippen LogP contribution in [0.25, 0.3) is 0 Å². The molecule has 2 fully saturated rings. The minimum absolute atomic E-state index is 0.0208. The van der Waals surface area contributed by atoms with Crippen molar-refractivity contribution < 1.29 is 28.6 Å². The van der Waals surface area contributed by atoms with Gasteiger partial charge in [0.15, 0.2) is 0 Å². The van der Waals surface area contributed by atoms with Crippen LogP contribution in [-0.2, 0) is 14.3 Å². The molecule has 3 heterocycles. The summed E-state index contributed by atoms with van der Waals surface area (Å²) >= 11 is 0. The summed E-state index contributed by atoms with van der Waals surface area (Å²) in [5.41, 5.74) is -0.287. The quantitative estimate of drug-likeness (QED) is 0.751. The lowest BCUT2D eigenvalue weighted by molar-refractivity contribution is -0.148. The van der Waals surface area contributed by atoms with Gasteiger partial charge in [0.2, 0.25) is 11.8 Å². The zero-order chi connectivity index (χ0) is 22.9. The van der Waals surface area contributed by atoms with Crippen molar-refractivity contribution in [2.45, 2.75) is 50.9 Å². The standard InChI is InChI=1S/C23H31N3O6/c1-15-11-26(12-16(2)31-15)21(28)13-25-9-8-23(7-6-20(25)27)14-24-22(29)18-10-17(30-3)4-5-19(18)32-23/h4-5,10,15-16H,6-9,11-14H2,1-3H3,(H,24,29). The first-order valence-corrected chi connectivity index (χ1v) is 11.1. The topological polar surface area (TPSA) is 97.4 Å². The predicted molar refractivity (Wildman–Crippen MR) is 116 cm³/mol. The number of nitrogens with zero attached hydrogens (tertiary/aromatic N) is 2. The molecular weight excluding hydrogens is 414 g/mol. The van der Waals surface area contributed by atoms with E-state index in [2.05, 4.69) is 5.32 Å². The maximum absolute atomic E-state index is 12.9. The Kier molecular flexibility index (Phi) is 6.28. The average Bonchev–Trinajstić information content (AvgIpc) is 3.00. The summed E-state index contributed by atoms with van der Waals surface area (Å²) in [5, 5.41) is 2.93. The normalized spacial score (nSPS) is 28.3. The SMILES string of the molecule is COc1ccc2c(c1)C(=O)NCC1(CCC(=O)N(CC(=O)N3CC(C)OC(C)C3)CC1)O2. The third kappa shape index (κ3) is 4.67. The Morgan fingerprint density at radius 1 is 1.22 bits per heavy atom. The lowest BCUT2D eigenvalue weighted by Gasteiger charge is -2.36. The summed E-state index contributed by atoms with van der Waals surface area (Å²) in [6.45, 7) is 5.70. The van der Waals surface area contributed by atoms with Gasteiger partial charge in [0, 0.05) is 32.5 Å². The molecule has 3 unspecified atom stereocenters. The van der Waals surface area contributed by atoms with E-state index < -0.39 is 5.60 Å². The van der Waals surface area contributed by atoms with Gasteiger partial charge in [-0.1, -0.05) is 0 Å². The number of nitrogens with one attached hydrogen (secondary N) is 1. The largest absolute Gasteiger partial charge is 0.497 e. The summed E-state index contributed by atoms with van der Waals surface area (Å²) in [6.07, 6.45) is 1.20. The van der Waals surface area contributed by atoms with E-state index in [1.165, 1.54) is 0 Å². The Bertz CT molecular complexity index is 896. The van der Waals surface area contributed by atoms with E-state index in [0.29, 0.717) is 56.1 Å². The maximum atomic E-state index is 12.9. The molecule has 0 bridgehead atoms. The molecule has 2 saturated heterocycles. The molecule has 0 radical (unpaired) electrons. The van der Waals surface area contributed by atoms with E-state index in [1.54, 1.807) is 35.1 Å². The molecule has 4 rings (SSSR count). The van der Waals surface area contributed by atoms with Gasteiger partial charge in [0.1, 0.15) is 17.1 Å². The lowest BCUT2D eigenvalue weighted by Crippen LogP contribution is -2.51. The van der Waals surface area contributed by atoms with Crippen LogP contribution in [0.15, 0.2) is 18.2 Å². The molecule has 174 valence electrons. The second-order valence-corrected chi connectivity index (χ2v) is 8.95. The molecule has 1 aromatic rings. The Labute approximate surface area is 188 Å². The van der Waals surface area contributed by atoms with E-state index in [1.807, 2.05) is 13.8 Å². The molecule has 3 aliphatic rings. The van der Waals surface area contributed by atoms with Crippen molar-refractivity contribution in [2.24, 2.45) is 0 Å². The van der Waals surface area contributed by atoms with Crippen LogP contribution < -0.4 is 14.8 Å². The molecule has 1 aromatic carbocycles. The predicted octanol–water partition coefficient (Wildman–Crippen LogP) is 1.20. The van der Waals surface area contributed by atoms with Crippen molar-refractivity contribution in [2.75, 3.05) is 39.8 Å². The number of carbonyl (C=O) groups is 3. The van der Waals surface area contributed by atoms with E-state index in [4.69, 9.17) is 14.2 Å². The number of ether oxygens (including phenoxy) is 3. The number of methoxy groups -OCH3 is 1. The van der Waals surface area contributed by atoms with Gasteiger partial charge in [-0.15, -0.1) is 0 Å². The number of amides is 3. The fourth-order valence-electron chi connectivity index (χ4n) is 4.68. The highest BCUT2D eigenvalue weighted by molar-refractivity contribution is 5.97. The fraction of sp³-hybridized carbons (Fsp3) is 0.609. The molecule has 3 atom stereocenters. The van der Waals surface area contributed by atoms with Crippen molar-refractivity contribution in [1.29, 1.82) is 0 Å². The molecule has 0 aromatic heterocycles. The van der Waals surface area contributed by atoms with Gasteiger partial charge in [-0.25, -0.2) is 0 Å². The van der Waals surface area contributed by atoms with Crippen LogP contribution >= 0.6 is 0 Å². The zero-order valence-corrected chi connectivity index (χ0v) is 18.9. The number of carbonyl (C=O) groups excluding carboxylic acids is 3. The Balaban J connectivity index is 1.46. The summed E-state index contributed by atoms with van der Waals surface area (Å²) in [5.74, 6) is 0.691. The smallest absolute Gasteiger partial charge is 0.255 e. The molecule has 0 saturated carbocycles. The van der Waals surface area contributed by atoms with E-state index in [-0.39, 0.29) is 42.9 Å². The van der Waals surface area contributed by atoms with Crippen molar-refractivity contribution in [3.63, 3.8) is 0 Å². The van der Waals surface area contributed by atoms with Gasteiger partial charge in [-0.3, -0.25) is 14.4 Å². The third-order valence-electron chi connectivity index (χ3n) is 6.41. The van der Waals surface area contributed by atoms with Gasteiger partial charge in [0.25, 0.3) is 5.91 Å². The van der Waals surface area contributed by atoms with Crippen molar-refractivity contribution in [3.8, 4) is 11.5 Å².